The van der Waals surface area contributed by atoms with Gasteiger partial charge < -0.3 is 0 Å². The monoisotopic (exact) mass is 170 g/mol. The largest absolute Gasteiger partial charge is 0.122 e. The molecule has 0 saturated carbocycles. The molecule has 0 nitrogen and oxygen atoms in total. The normalized spacial score (nSPS) is 20.0. The summed E-state index contributed by atoms with van der Waals surface area (Å²) in [6.45, 7) is 3.98. The van der Waals surface area contributed by atoms with E-state index in [1.807, 2.05) is 13.8 Å². The third kappa shape index (κ3) is 2.98. The third-order valence-electron chi connectivity index (χ3n) is 0.633. The average molecular weight is 171 g/mol. The van der Waals surface area contributed by atoms with E-state index in [4.69, 9.17) is 11.6 Å². The van der Waals surface area contributed by atoms with Crippen LogP contribution in [0.2, 0.25) is 0 Å². The van der Waals surface area contributed by atoms with E-state index in [-0.39, 0.29) is 5.38 Å². The molecule has 0 aromatic rings. The fourth-order valence-electron chi connectivity index (χ4n) is 0. The molecule has 0 amide bonds. The van der Waals surface area contributed by atoms with Crippen LogP contribution in [-0.4, -0.2) is 10.2 Å². The van der Waals surface area contributed by atoms with Gasteiger partial charge in [-0.3, -0.25) is 0 Å². The summed E-state index contributed by atoms with van der Waals surface area (Å²) in [4.78, 5) is 0.430. The highest BCUT2D eigenvalue weighted by atomic mass is 79.9. The predicted molar refractivity (Wildman–Crippen MR) is 33.7 cm³/mol. The van der Waals surface area contributed by atoms with Crippen molar-refractivity contribution in [2.45, 2.75) is 24.1 Å². The van der Waals surface area contributed by atoms with Crippen molar-refractivity contribution >= 4 is 27.5 Å². The summed E-state index contributed by atoms with van der Waals surface area (Å²) in [5, 5.41) is 0.241. The van der Waals surface area contributed by atoms with Crippen molar-refractivity contribution in [1.82, 2.24) is 0 Å². The summed E-state index contributed by atoms with van der Waals surface area (Å²) in [6, 6.07) is 0. The topological polar surface area (TPSA) is 0 Å². The van der Waals surface area contributed by atoms with E-state index in [0.29, 0.717) is 4.83 Å². The fourth-order valence-corrected chi connectivity index (χ4v) is 0. The highest BCUT2D eigenvalue weighted by Gasteiger charge is 2.00. The van der Waals surface area contributed by atoms with Crippen LogP contribution in [0.25, 0.3) is 0 Å². The maximum atomic E-state index is 5.57. The predicted octanol–water partition coefficient (Wildman–Crippen LogP) is 2.40. The van der Waals surface area contributed by atoms with Gasteiger partial charge in [-0.25, -0.2) is 0 Å². The Hall–Kier alpha value is 0.770. The number of rotatable bonds is 1. The molecule has 2 heteroatoms. The lowest BCUT2D eigenvalue weighted by atomic mass is 10.4. The van der Waals surface area contributed by atoms with Crippen molar-refractivity contribution in [2.75, 3.05) is 0 Å². The molecular weight excluding hydrogens is 163 g/mol. The molecule has 0 spiro atoms. The first-order chi connectivity index (χ1) is 2.64. The van der Waals surface area contributed by atoms with E-state index in [2.05, 4.69) is 15.9 Å². The van der Waals surface area contributed by atoms with Gasteiger partial charge in [0.05, 0.1) is 0 Å². The second-order valence-electron chi connectivity index (χ2n) is 1.36. The molecule has 0 unspecified atom stereocenters. The second-order valence-corrected chi connectivity index (χ2v) is 3.49. The third-order valence-corrected chi connectivity index (χ3v) is 2.11. The molecule has 0 aromatic carbocycles. The van der Waals surface area contributed by atoms with E-state index in [1.54, 1.807) is 0 Å². The van der Waals surface area contributed by atoms with Gasteiger partial charge in [-0.2, -0.15) is 0 Å². The Labute approximate surface area is 52.0 Å². The zero-order valence-corrected chi connectivity index (χ0v) is 6.25. The first-order valence-corrected chi connectivity index (χ1v) is 3.28. The molecule has 2 atom stereocenters. The Morgan fingerprint density at radius 2 is 1.67 bits per heavy atom. The standard InChI is InChI=1S/C4H8BrCl/c1-3(5)4(2)6/h3-4H,1-2H3/t3-,4+/m0/s1. The maximum Gasteiger partial charge on any atom is 0.0430 e. The van der Waals surface area contributed by atoms with Crippen molar-refractivity contribution in [3.8, 4) is 0 Å². The molecule has 0 aliphatic heterocycles. The summed E-state index contributed by atoms with van der Waals surface area (Å²) in [6.07, 6.45) is 0. The first-order valence-electron chi connectivity index (χ1n) is 1.92. The Balaban J connectivity index is 2.99. The maximum absolute atomic E-state index is 5.57. The van der Waals surface area contributed by atoms with Crippen LogP contribution in [-0.2, 0) is 0 Å². The van der Waals surface area contributed by atoms with Crippen LogP contribution < -0.4 is 0 Å². The van der Waals surface area contributed by atoms with E-state index in [9.17, 15) is 0 Å². The van der Waals surface area contributed by atoms with Gasteiger partial charge in [0, 0.05) is 10.2 Å². The Kier molecular flexibility index (Phi) is 3.23. The quantitative estimate of drug-likeness (QED) is 0.532. The lowest BCUT2D eigenvalue weighted by Gasteiger charge is -2.00. The molecule has 0 rings (SSSR count). The van der Waals surface area contributed by atoms with Gasteiger partial charge in [0.1, 0.15) is 0 Å². The molecule has 0 heterocycles. The molecule has 0 bridgehead atoms. The zero-order valence-electron chi connectivity index (χ0n) is 3.91. The van der Waals surface area contributed by atoms with Crippen LogP contribution in [0.3, 0.4) is 0 Å². The molecule has 0 fully saturated rings. The van der Waals surface area contributed by atoms with Gasteiger partial charge in [-0.15, -0.1) is 11.6 Å². The van der Waals surface area contributed by atoms with Crippen molar-refractivity contribution in [3.63, 3.8) is 0 Å². The molecule has 38 valence electrons. The smallest absolute Gasteiger partial charge is 0.0430 e. The fraction of sp³-hybridized carbons (Fsp3) is 1.00. The van der Waals surface area contributed by atoms with Gasteiger partial charge in [0.2, 0.25) is 0 Å². The SMILES string of the molecule is C[C@H](Br)[C@@H](C)Cl. The minimum absolute atomic E-state index is 0.241. The number of alkyl halides is 2. The minimum Gasteiger partial charge on any atom is -0.122 e. The number of hydrogen-bond donors (Lipinski definition) is 0. The summed E-state index contributed by atoms with van der Waals surface area (Å²) in [5.74, 6) is 0. The molecule has 0 aromatic heterocycles. The molecule has 0 radical (unpaired) electrons. The van der Waals surface area contributed by atoms with Crippen molar-refractivity contribution in [2.24, 2.45) is 0 Å². The van der Waals surface area contributed by atoms with Crippen LogP contribution >= 0.6 is 27.5 Å². The Bertz CT molecular complexity index is 28.5. The molecular formula is C4H8BrCl. The Morgan fingerprint density at radius 1 is 1.50 bits per heavy atom. The van der Waals surface area contributed by atoms with E-state index in [0.717, 1.165) is 0 Å². The molecule has 6 heavy (non-hydrogen) atoms. The molecule has 0 saturated heterocycles. The summed E-state index contributed by atoms with van der Waals surface area (Å²) in [7, 11) is 0. The van der Waals surface area contributed by atoms with Gasteiger partial charge in [0.25, 0.3) is 0 Å². The number of halogens is 2. The van der Waals surface area contributed by atoms with E-state index < -0.39 is 0 Å². The van der Waals surface area contributed by atoms with Crippen LogP contribution in [0.1, 0.15) is 13.8 Å². The molecule has 0 aliphatic carbocycles. The highest BCUT2D eigenvalue weighted by molar-refractivity contribution is 9.09. The van der Waals surface area contributed by atoms with Crippen molar-refractivity contribution in [1.29, 1.82) is 0 Å². The van der Waals surface area contributed by atoms with Crippen molar-refractivity contribution < 1.29 is 0 Å². The zero-order chi connectivity index (χ0) is 5.15. The van der Waals surface area contributed by atoms with Crippen molar-refractivity contribution in [3.05, 3.63) is 0 Å². The summed E-state index contributed by atoms with van der Waals surface area (Å²) in [5.41, 5.74) is 0. The van der Waals surface area contributed by atoms with Crippen LogP contribution in [0.15, 0.2) is 0 Å². The lowest BCUT2D eigenvalue weighted by Crippen LogP contribution is -2.02. The molecule has 0 N–H and O–H groups in total. The first kappa shape index (κ1) is 6.77. The van der Waals surface area contributed by atoms with Crippen LogP contribution in [0.5, 0.6) is 0 Å². The summed E-state index contributed by atoms with van der Waals surface area (Å²) >= 11 is 8.87. The average Bonchev–Trinajstić information content (AvgIpc) is 1.36. The molecule has 0 aliphatic rings. The summed E-state index contributed by atoms with van der Waals surface area (Å²) < 4.78 is 0. The van der Waals surface area contributed by atoms with Crippen LogP contribution in [0.4, 0.5) is 0 Å². The number of hydrogen-bond acceptors (Lipinski definition) is 0. The van der Waals surface area contributed by atoms with Gasteiger partial charge in [0.15, 0.2) is 0 Å². The minimum atomic E-state index is 0.241. The van der Waals surface area contributed by atoms with Gasteiger partial charge >= 0.3 is 0 Å². The van der Waals surface area contributed by atoms with Crippen LogP contribution in [0, 0.1) is 0 Å². The van der Waals surface area contributed by atoms with Gasteiger partial charge in [-0.05, 0) is 6.92 Å². The highest BCUT2D eigenvalue weighted by Crippen LogP contribution is 2.08. The Morgan fingerprint density at radius 3 is 1.67 bits per heavy atom. The van der Waals surface area contributed by atoms with E-state index in [1.165, 1.54) is 0 Å². The van der Waals surface area contributed by atoms with Gasteiger partial charge in [-0.1, -0.05) is 22.9 Å². The second kappa shape index (κ2) is 2.86. The lowest BCUT2D eigenvalue weighted by molar-refractivity contribution is 0.931. The van der Waals surface area contributed by atoms with E-state index >= 15 is 0 Å².